The largest absolute Gasteiger partial charge is 0.481 e. The van der Waals surface area contributed by atoms with Crippen LogP contribution in [-0.4, -0.2) is 32.7 Å². The van der Waals surface area contributed by atoms with Crippen LogP contribution < -0.4 is 21.6 Å². The first kappa shape index (κ1) is 22.3. The van der Waals surface area contributed by atoms with Crippen molar-refractivity contribution in [2.45, 2.75) is 25.3 Å². The molecule has 178 valence electrons. The molecule has 10 heteroatoms. The normalized spacial score (nSPS) is 13.2. The number of rotatable bonds is 6. The van der Waals surface area contributed by atoms with Gasteiger partial charge in [-0.05, 0) is 24.5 Å². The van der Waals surface area contributed by atoms with Gasteiger partial charge in [0.15, 0.2) is 5.56 Å². The molecule has 2 aromatic heterocycles. The van der Waals surface area contributed by atoms with Gasteiger partial charge in [-0.2, -0.15) is 4.98 Å². The van der Waals surface area contributed by atoms with E-state index in [1.165, 1.54) is 13.3 Å². The molecule has 5 N–H and O–H groups in total. The number of hydrogen-bond acceptors (Lipinski definition) is 7. The monoisotopic (exact) mass is 475 g/mol. The van der Waals surface area contributed by atoms with Crippen molar-refractivity contribution in [2.75, 3.05) is 18.6 Å². The summed E-state index contributed by atoms with van der Waals surface area (Å²) < 4.78 is 23.3. The number of fused-ring (bicyclic) bond motifs is 1. The average molecular weight is 475 g/mol. The Balaban J connectivity index is 1.93. The van der Waals surface area contributed by atoms with Crippen LogP contribution in [0.4, 0.5) is 16.2 Å². The summed E-state index contributed by atoms with van der Waals surface area (Å²) in [6, 6.07) is 10.4. The number of anilines is 2. The first-order chi connectivity index (χ1) is 16.8. The smallest absolute Gasteiger partial charge is 0.345 e. The number of pyridine rings is 1. The summed E-state index contributed by atoms with van der Waals surface area (Å²) in [5.74, 6) is -2.14. The lowest BCUT2D eigenvalue weighted by Crippen LogP contribution is -2.23. The van der Waals surface area contributed by atoms with Crippen LogP contribution in [0.5, 0.6) is 5.88 Å². The summed E-state index contributed by atoms with van der Waals surface area (Å²) in [6.45, 7) is 0. The predicted molar refractivity (Wildman–Crippen MR) is 129 cm³/mol. The van der Waals surface area contributed by atoms with Crippen LogP contribution in [-0.2, 0) is 6.42 Å². The number of aromatic carboxylic acids is 1. The fourth-order valence-electron chi connectivity index (χ4n) is 4.43. The summed E-state index contributed by atoms with van der Waals surface area (Å²) in [7, 11) is 1.32. The van der Waals surface area contributed by atoms with E-state index in [4.69, 9.17) is 16.2 Å². The van der Waals surface area contributed by atoms with Crippen molar-refractivity contribution in [2.24, 2.45) is 0 Å². The maximum absolute atomic E-state index is 16.2. The number of carboxylic acids is 1. The van der Waals surface area contributed by atoms with Gasteiger partial charge in [0.25, 0.3) is 0 Å². The average Bonchev–Trinajstić information content (AvgIpc) is 3.67. The van der Waals surface area contributed by atoms with E-state index >= 15 is 4.39 Å². The zero-order valence-corrected chi connectivity index (χ0v) is 18.8. The highest BCUT2D eigenvalue weighted by atomic mass is 19.1. The molecule has 9 nitrogen and oxygen atoms in total. The van der Waals surface area contributed by atoms with Gasteiger partial charge < -0.3 is 25.9 Å². The number of methoxy groups -OCH3 is 1. The molecule has 35 heavy (non-hydrogen) atoms. The minimum Gasteiger partial charge on any atom is -0.481 e. The Morgan fingerprint density at radius 1 is 1.26 bits per heavy atom. The van der Waals surface area contributed by atoms with E-state index in [2.05, 4.69) is 9.97 Å². The molecule has 1 fully saturated rings. The van der Waals surface area contributed by atoms with Gasteiger partial charge in [-0.25, -0.2) is 14.2 Å². The van der Waals surface area contributed by atoms with Crippen LogP contribution >= 0.6 is 0 Å². The molecule has 0 saturated heterocycles. The van der Waals surface area contributed by atoms with E-state index in [-0.39, 0.29) is 46.6 Å². The van der Waals surface area contributed by atoms with Gasteiger partial charge in [-0.1, -0.05) is 30.3 Å². The fraction of sp³-hybridized carbons (Fsp3) is 0.200. The first-order valence-electron chi connectivity index (χ1n) is 10.9. The Hall–Kier alpha value is -4.47. The molecule has 1 saturated carbocycles. The SMILES string of the molecule is COc1c(C(=O)O)c(=O)c2c(Cc3cnc(N)nc3N)c(F)c(-c3ccccc3)cc2n1C1CC1. The molecule has 0 radical (unpaired) electrons. The van der Waals surface area contributed by atoms with Crippen LogP contribution in [0.25, 0.3) is 22.0 Å². The van der Waals surface area contributed by atoms with Crippen molar-refractivity contribution in [3.8, 4) is 17.0 Å². The Labute approximate surface area is 198 Å². The van der Waals surface area contributed by atoms with Crippen molar-refractivity contribution < 1.29 is 19.0 Å². The summed E-state index contributed by atoms with van der Waals surface area (Å²) in [6.07, 6.45) is 2.79. The Morgan fingerprint density at radius 3 is 2.57 bits per heavy atom. The van der Waals surface area contributed by atoms with E-state index in [9.17, 15) is 14.7 Å². The lowest BCUT2D eigenvalue weighted by molar-refractivity contribution is 0.0690. The second kappa shape index (κ2) is 8.39. The zero-order valence-electron chi connectivity index (χ0n) is 18.8. The quantitative estimate of drug-likeness (QED) is 0.385. The summed E-state index contributed by atoms with van der Waals surface area (Å²) in [5, 5.41) is 9.84. The van der Waals surface area contributed by atoms with Gasteiger partial charge in [-0.3, -0.25) is 4.79 Å². The van der Waals surface area contributed by atoms with E-state index in [1.807, 2.05) is 6.07 Å². The van der Waals surface area contributed by atoms with Gasteiger partial charge >= 0.3 is 5.97 Å². The highest BCUT2D eigenvalue weighted by Crippen LogP contribution is 2.43. The molecule has 1 aliphatic rings. The third-order valence-electron chi connectivity index (χ3n) is 6.17. The number of ether oxygens (including phenoxy) is 1. The number of hydrogen-bond donors (Lipinski definition) is 3. The maximum Gasteiger partial charge on any atom is 0.345 e. The van der Waals surface area contributed by atoms with Crippen LogP contribution in [0, 0.1) is 5.82 Å². The van der Waals surface area contributed by atoms with E-state index in [1.54, 1.807) is 34.9 Å². The number of halogens is 1. The number of nitrogens with zero attached hydrogens (tertiary/aromatic N) is 3. The maximum atomic E-state index is 16.2. The van der Waals surface area contributed by atoms with Gasteiger partial charge in [0.1, 0.15) is 11.6 Å². The summed E-state index contributed by atoms with van der Waals surface area (Å²) in [5.41, 5.74) is 11.9. The van der Waals surface area contributed by atoms with Crippen molar-refractivity contribution in [1.29, 1.82) is 0 Å². The minimum atomic E-state index is -1.45. The zero-order chi connectivity index (χ0) is 24.9. The second-order valence-electron chi connectivity index (χ2n) is 8.41. The van der Waals surface area contributed by atoms with Gasteiger partial charge in [0.2, 0.25) is 17.3 Å². The third-order valence-corrected chi connectivity index (χ3v) is 6.17. The number of carbonyl (C=O) groups is 1. The fourth-order valence-corrected chi connectivity index (χ4v) is 4.43. The number of benzene rings is 2. The summed E-state index contributed by atoms with van der Waals surface area (Å²) >= 11 is 0. The number of aromatic nitrogens is 3. The van der Waals surface area contributed by atoms with Gasteiger partial charge in [0, 0.05) is 35.3 Å². The third kappa shape index (κ3) is 3.72. The van der Waals surface area contributed by atoms with Crippen molar-refractivity contribution >= 4 is 28.6 Å². The molecule has 0 atom stereocenters. The lowest BCUT2D eigenvalue weighted by atomic mass is 9.93. The van der Waals surface area contributed by atoms with E-state index < -0.39 is 22.8 Å². The molecule has 4 aromatic rings. The molecule has 0 bridgehead atoms. The lowest BCUT2D eigenvalue weighted by Gasteiger charge is -2.21. The Bertz CT molecular complexity index is 1550. The second-order valence-corrected chi connectivity index (χ2v) is 8.41. The topological polar surface area (TPSA) is 146 Å². The van der Waals surface area contributed by atoms with Crippen molar-refractivity contribution in [3.05, 3.63) is 75.3 Å². The molecule has 0 unspecified atom stereocenters. The number of nitrogen functional groups attached to an aromatic ring is 2. The molecule has 0 aliphatic heterocycles. The van der Waals surface area contributed by atoms with Crippen molar-refractivity contribution in [3.63, 3.8) is 0 Å². The van der Waals surface area contributed by atoms with E-state index in [0.717, 1.165) is 12.8 Å². The van der Waals surface area contributed by atoms with Gasteiger partial charge in [0.05, 0.1) is 18.0 Å². The highest BCUT2D eigenvalue weighted by Gasteiger charge is 2.34. The summed E-state index contributed by atoms with van der Waals surface area (Å²) in [4.78, 5) is 33.6. The molecule has 1 aliphatic carbocycles. The highest BCUT2D eigenvalue weighted by molar-refractivity contribution is 5.98. The minimum absolute atomic E-state index is 0.00553. The van der Waals surface area contributed by atoms with Crippen LogP contribution in [0.2, 0.25) is 0 Å². The Morgan fingerprint density at radius 2 is 1.97 bits per heavy atom. The Kier molecular flexibility index (Phi) is 5.35. The number of carboxylic acid groups (broad SMARTS) is 1. The van der Waals surface area contributed by atoms with Crippen molar-refractivity contribution in [1.82, 2.24) is 14.5 Å². The standard InChI is InChI=1S/C25H22FN5O4/c1-35-23-19(24(33)34)21(32)18-16(9-13-11-29-25(28)30-22(13)27)20(26)15(12-5-3-2-4-6-12)10-17(18)31(23)14-7-8-14/h2-6,10-11,14H,7-9H2,1H3,(H,33,34)(H4,27,28,29,30). The van der Waals surface area contributed by atoms with E-state index in [0.29, 0.717) is 16.6 Å². The van der Waals surface area contributed by atoms with Crippen LogP contribution in [0.3, 0.4) is 0 Å². The number of nitrogens with two attached hydrogens (primary N) is 2. The molecule has 2 aromatic carbocycles. The first-order valence-corrected chi connectivity index (χ1v) is 10.9. The molecule has 0 amide bonds. The molecular weight excluding hydrogens is 453 g/mol. The molecule has 5 rings (SSSR count). The van der Waals surface area contributed by atoms with Crippen LogP contribution in [0.15, 0.2) is 47.4 Å². The van der Waals surface area contributed by atoms with Gasteiger partial charge in [-0.15, -0.1) is 0 Å². The molecular formula is C25H22FN5O4. The molecule has 2 heterocycles. The predicted octanol–water partition coefficient (Wildman–Crippen LogP) is 3.39. The molecule has 0 spiro atoms. The van der Waals surface area contributed by atoms with Crippen LogP contribution in [0.1, 0.15) is 40.4 Å².